The Morgan fingerprint density at radius 3 is 2.50 bits per heavy atom. The molecule has 1 atom stereocenters. The van der Waals surface area contributed by atoms with Gasteiger partial charge in [0, 0.05) is 5.69 Å². The average molecular weight is 212 g/mol. The van der Waals surface area contributed by atoms with Crippen molar-refractivity contribution < 1.29 is 4.79 Å². The average Bonchev–Trinajstić information content (AvgIpc) is 2.20. The monoisotopic (exact) mass is 211 g/mol. The first-order chi connectivity index (χ1) is 6.63. The summed E-state index contributed by atoms with van der Waals surface area (Å²) in [5.41, 5.74) is 1.96. The van der Waals surface area contributed by atoms with Crippen LogP contribution in [0.15, 0.2) is 24.3 Å². The van der Waals surface area contributed by atoms with Gasteiger partial charge in [0.15, 0.2) is 0 Å². The molecule has 1 aromatic carbocycles. The predicted octanol–water partition coefficient (Wildman–Crippen LogP) is 2.95. The summed E-state index contributed by atoms with van der Waals surface area (Å²) in [4.78, 5) is 11.4. The normalized spacial score (nSPS) is 12.2. The molecule has 0 saturated heterocycles. The van der Waals surface area contributed by atoms with Crippen molar-refractivity contribution in [3.8, 4) is 0 Å². The highest BCUT2D eigenvalue weighted by Crippen LogP contribution is 2.11. The Hall–Kier alpha value is -1.02. The number of hydrogen-bond acceptors (Lipinski definition) is 1. The van der Waals surface area contributed by atoms with Crippen LogP contribution in [-0.2, 0) is 4.79 Å². The summed E-state index contributed by atoms with van der Waals surface area (Å²) < 4.78 is 0. The second-order valence-electron chi connectivity index (χ2n) is 3.23. The SMILES string of the molecule is CC[C@@H](Cl)C(=O)Nc1ccc(C)cc1. The molecule has 0 aliphatic carbocycles. The van der Waals surface area contributed by atoms with Crippen molar-refractivity contribution in [1.29, 1.82) is 0 Å². The second-order valence-corrected chi connectivity index (χ2v) is 3.76. The molecule has 76 valence electrons. The van der Waals surface area contributed by atoms with E-state index in [1.165, 1.54) is 5.56 Å². The van der Waals surface area contributed by atoms with Crippen LogP contribution >= 0.6 is 11.6 Å². The van der Waals surface area contributed by atoms with E-state index in [0.717, 1.165) is 5.69 Å². The molecule has 3 heteroatoms. The second kappa shape index (κ2) is 5.01. The molecule has 0 aliphatic heterocycles. The van der Waals surface area contributed by atoms with Gasteiger partial charge < -0.3 is 5.32 Å². The van der Waals surface area contributed by atoms with Crippen molar-refractivity contribution in [3.63, 3.8) is 0 Å². The number of amides is 1. The van der Waals surface area contributed by atoms with Crippen molar-refractivity contribution in [2.75, 3.05) is 5.32 Å². The zero-order valence-corrected chi connectivity index (χ0v) is 9.14. The minimum absolute atomic E-state index is 0.141. The van der Waals surface area contributed by atoms with E-state index in [4.69, 9.17) is 11.6 Å². The van der Waals surface area contributed by atoms with Gasteiger partial charge in [0.1, 0.15) is 5.38 Å². The first-order valence-electron chi connectivity index (χ1n) is 4.65. The Labute approximate surface area is 89.3 Å². The lowest BCUT2D eigenvalue weighted by Crippen LogP contribution is -2.22. The van der Waals surface area contributed by atoms with Crippen molar-refractivity contribution in [2.24, 2.45) is 0 Å². The molecule has 0 unspecified atom stereocenters. The van der Waals surface area contributed by atoms with E-state index in [1.807, 2.05) is 38.1 Å². The summed E-state index contributed by atoms with van der Waals surface area (Å²) in [6.45, 7) is 3.88. The zero-order chi connectivity index (χ0) is 10.6. The largest absolute Gasteiger partial charge is 0.325 e. The lowest BCUT2D eigenvalue weighted by molar-refractivity contribution is -0.115. The van der Waals surface area contributed by atoms with E-state index >= 15 is 0 Å². The van der Waals surface area contributed by atoms with Crippen molar-refractivity contribution in [1.82, 2.24) is 0 Å². The van der Waals surface area contributed by atoms with Crippen molar-refractivity contribution in [2.45, 2.75) is 25.6 Å². The number of carbonyl (C=O) groups is 1. The Morgan fingerprint density at radius 1 is 1.43 bits per heavy atom. The summed E-state index contributed by atoms with van der Waals surface area (Å²) in [6.07, 6.45) is 0.638. The minimum atomic E-state index is -0.448. The number of alkyl halides is 1. The summed E-state index contributed by atoms with van der Waals surface area (Å²) in [5, 5.41) is 2.30. The number of anilines is 1. The molecule has 0 spiro atoms. The Bertz CT molecular complexity index is 308. The lowest BCUT2D eigenvalue weighted by atomic mass is 10.2. The molecule has 0 aromatic heterocycles. The number of nitrogens with one attached hydrogen (secondary N) is 1. The zero-order valence-electron chi connectivity index (χ0n) is 8.38. The minimum Gasteiger partial charge on any atom is -0.325 e. The van der Waals surface area contributed by atoms with Crippen LogP contribution in [-0.4, -0.2) is 11.3 Å². The van der Waals surface area contributed by atoms with E-state index in [1.54, 1.807) is 0 Å². The van der Waals surface area contributed by atoms with Gasteiger partial charge >= 0.3 is 0 Å². The maximum absolute atomic E-state index is 11.4. The van der Waals surface area contributed by atoms with E-state index in [-0.39, 0.29) is 5.91 Å². The molecule has 1 aromatic rings. The van der Waals surface area contributed by atoms with Crippen LogP contribution in [0.3, 0.4) is 0 Å². The third-order valence-corrected chi connectivity index (χ3v) is 2.47. The Balaban J connectivity index is 2.60. The summed E-state index contributed by atoms with van der Waals surface area (Å²) in [6, 6.07) is 7.63. The predicted molar refractivity (Wildman–Crippen MR) is 59.7 cm³/mol. The van der Waals surface area contributed by atoms with E-state index < -0.39 is 5.38 Å². The van der Waals surface area contributed by atoms with E-state index in [2.05, 4.69) is 5.32 Å². The van der Waals surface area contributed by atoms with Crippen LogP contribution < -0.4 is 5.32 Å². The summed E-state index contributed by atoms with van der Waals surface area (Å²) >= 11 is 5.78. The molecule has 1 amide bonds. The van der Waals surface area contributed by atoms with Gasteiger partial charge in [-0.15, -0.1) is 11.6 Å². The number of hydrogen-bond donors (Lipinski definition) is 1. The van der Waals surface area contributed by atoms with Crippen molar-refractivity contribution in [3.05, 3.63) is 29.8 Å². The molecule has 14 heavy (non-hydrogen) atoms. The van der Waals surface area contributed by atoms with Crippen LogP contribution in [0.5, 0.6) is 0 Å². The highest BCUT2D eigenvalue weighted by Gasteiger charge is 2.12. The number of halogens is 1. The first-order valence-corrected chi connectivity index (χ1v) is 5.08. The van der Waals surface area contributed by atoms with Gasteiger partial charge in [-0.3, -0.25) is 4.79 Å². The fourth-order valence-electron chi connectivity index (χ4n) is 1.04. The fourth-order valence-corrected chi connectivity index (χ4v) is 1.10. The lowest BCUT2D eigenvalue weighted by Gasteiger charge is -2.08. The third kappa shape index (κ3) is 3.04. The molecule has 0 fully saturated rings. The molecule has 0 saturated carbocycles. The van der Waals surface area contributed by atoms with Gasteiger partial charge in [-0.25, -0.2) is 0 Å². The smallest absolute Gasteiger partial charge is 0.242 e. The Morgan fingerprint density at radius 2 is 2.00 bits per heavy atom. The van der Waals surface area contributed by atoms with E-state index in [9.17, 15) is 4.79 Å². The first kappa shape index (κ1) is 11.1. The maximum atomic E-state index is 11.4. The number of carbonyl (C=O) groups excluding carboxylic acids is 1. The highest BCUT2D eigenvalue weighted by molar-refractivity contribution is 6.32. The van der Waals surface area contributed by atoms with Crippen LogP contribution in [0.1, 0.15) is 18.9 Å². The molecular weight excluding hydrogens is 198 g/mol. The molecule has 1 N–H and O–H groups in total. The molecule has 0 radical (unpaired) electrons. The standard InChI is InChI=1S/C11H14ClNO/c1-3-10(12)11(14)13-9-6-4-8(2)5-7-9/h4-7,10H,3H2,1-2H3,(H,13,14)/t10-/m1/s1. The number of benzene rings is 1. The summed E-state index contributed by atoms with van der Waals surface area (Å²) in [5.74, 6) is -0.141. The number of aryl methyl sites for hydroxylation is 1. The Kier molecular flexibility index (Phi) is 3.96. The third-order valence-electron chi connectivity index (χ3n) is 1.96. The van der Waals surface area contributed by atoms with Gasteiger partial charge in [0.05, 0.1) is 0 Å². The quantitative estimate of drug-likeness (QED) is 0.766. The molecule has 0 bridgehead atoms. The van der Waals surface area contributed by atoms with Gasteiger partial charge in [-0.1, -0.05) is 24.6 Å². The highest BCUT2D eigenvalue weighted by atomic mass is 35.5. The van der Waals surface area contributed by atoms with Crippen molar-refractivity contribution >= 4 is 23.2 Å². The van der Waals surface area contributed by atoms with Crippen LogP contribution in [0.25, 0.3) is 0 Å². The molecular formula is C11H14ClNO. The van der Waals surface area contributed by atoms with Crippen LogP contribution in [0, 0.1) is 6.92 Å². The van der Waals surface area contributed by atoms with E-state index in [0.29, 0.717) is 6.42 Å². The van der Waals surface area contributed by atoms with Gasteiger partial charge in [-0.05, 0) is 25.5 Å². The molecule has 0 aliphatic rings. The molecule has 2 nitrogen and oxygen atoms in total. The summed E-state index contributed by atoms with van der Waals surface area (Å²) in [7, 11) is 0. The topological polar surface area (TPSA) is 29.1 Å². The fraction of sp³-hybridized carbons (Fsp3) is 0.364. The van der Waals surface area contributed by atoms with Crippen LogP contribution in [0.4, 0.5) is 5.69 Å². The van der Waals surface area contributed by atoms with Gasteiger partial charge in [0.25, 0.3) is 0 Å². The molecule has 0 heterocycles. The molecule has 1 rings (SSSR count). The van der Waals surface area contributed by atoms with Gasteiger partial charge in [0.2, 0.25) is 5.91 Å². The number of rotatable bonds is 3. The van der Waals surface area contributed by atoms with Gasteiger partial charge in [-0.2, -0.15) is 0 Å². The maximum Gasteiger partial charge on any atom is 0.242 e. The van der Waals surface area contributed by atoms with Crippen LogP contribution in [0.2, 0.25) is 0 Å².